The SMILES string of the molecule is Clc1cc(Cl)c(-n2nc(-c3ccncc3-c3nn(-c4c(Cl)cc(Cl)cc4Cl)c4ccccc34)c3ccccc32)c(Cl)c1. The van der Waals surface area contributed by atoms with Crippen LogP contribution in [-0.2, 0) is 0 Å². The van der Waals surface area contributed by atoms with E-state index in [4.69, 9.17) is 79.8 Å². The molecule has 11 heteroatoms. The summed E-state index contributed by atoms with van der Waals surface area (Å²) in [5.41, 5.74) is 5.63. The number of pyridine rings is 1. The van der Waals surface area contributed by atoms with Crippen molar-refractivity contribution in [2.24, 2.45) is 0 Å². The molecule has 0 unspecified atom stereocenters. The van der Waals surface area contributed by atoms with Crippen LogP contribution in [0.15, 0.2) is 91.3 Å². The van der Waals surface area contributed by atoms with Gasteiger partial charge in [-0.2, -0.15) is 10.2 Å². The van der Waals surface area contributed by atoms with E-state index in [1.165, 1.54) is 0 Å². The van der Waals surface area contributed by atoms with Gasteiger partial charge in [0.25, 0.3) is 0 Å². The fraction of sp³-hybridized carbons (Fsp3) is 0. The van der Waals surface area contributed by atoms with Crippen LogP contribution in [0.2, 0.25) is 30.1 Å². The molecule has 0 fully saturated rings. The maximum Gasteiger partial charge on any atom is 0.103 e. The Bertz CT molecular complexity index is 1980. The monoisotopic (exact) mass is 667 g/mol. The van der Waals surface area contributed by atoms with Crippen LogP contribution in [0.5, 0.6) is 0 Å². The Hall–Kier alpha value is -3.29. The van der Waals surface area contributed by atoms with Crippen LogP contribution >= 0.6 is 69.6 Å². The van der Waals surface area contributed by atoms with Gasteiger partial charge in [-0.05, 0) is 42.5 Å². The van der Waals surface area contributed by atoms with Gasteiger partial charge in [0.1, 0.15) is 22.8 Å². The zero-order chi connectivity index (χ0) is 29.1. The summed E-state index contributed by atoms with van der Waals surface area (Å²) >= 11 is 38.9. The zero-order valence-electron chi connectivity index (χ0n) is 21.2. The lowest BCUT2D eigenvalue weighted by Gasteiger charge is -2.09. The Balaban J connectivity index is 1.50. The molecule has 42 heavy (non-hydrogen) atoms. The number of hydrogen-bond acceptors (Lipinski definition) is 3. The van der Waals surface area contributed by atoms with E-state index >= 15 is 0 Å². The number of hydrogen-bond donors (Lipinski definition) is 0. The van der Waals surface area contributed by atoms with Gasteiger partial charge >= 0.3 is 0 Å². The quantitative estimate of drug-likeness (QED) is 0.187. The van der Waals surface area contributed by atoms with Gasteiger partial charge in [0, 0.05) is 44.3 Å². The van der Waals surface area contributed by atoms with Crippen molar-refractivity contribution in [1.82, 2.24) is 24.5 Å². The lowest BCUT2D eigenvalue weighted by molar-refractivity contribution is 0.911. The first kappa shape index (κ1) is 27.5. The number of halogens is 6. The molecule has 7 rings (SSSR count). The fourth-order valence-corrected chi connectivity index (χ4v) is 7.09. The van der Waals surface area contributed by atoms with Crippen molar-refractivity contribution < 1.29 is 0 Å². The number of para-hydroxylation sites is 2. The maximum absolute atomic E-state index is 6.63. The van der Waals surface area contributed by atoms with E-state index in [2.05, 4.69) is 4.98 Å². The Labute approximate surface area is 269 Å². The summed E-state index contributed by atoms with van der Waals surface area (Å²) in [5.74, 6) is 0. The van der Waals surface area contributed by atoms with Gasteiger partial charge in [-0.1, -0.05) is 106 Å². The number of nitrogens with zero attached hydrogens (tertiary/aromatic N) is 5. The van der Waals surface area contributed by atoms with Crippen molar-refractivity contribution in [1.29, 1.82) is 0 Å². The molecule has 206 valence electrons. The topological polar surface area (TPSA) is 48.5 Å². The molecule has 0 N–H and O–H groups in total. The second-order valence-corrected chi connectivity index (χ2v) is 11.9. The van der Waals surface area contributed by atoms with Crippen LogP contribution in [0, 0.1) is 0 Å². The van der Waals surface area contributed by atoms with E-state index in [-0.39, 0.29) is 0 Å². The predicted molar refractivity (Wildman–Crippen MR) is 174 cm³/mol. The molecule has 0 aliphatic carbocycles. The highest BCUT2D eigenvalue weighted by Gasteiger charge is 2.24. The van der Waals surface area contributed by atoms with Crippen molar-refractivity contribution in [3.8, 4) is 33.9 Å². The molecule has 0 bridgehead atoms. The summed E-state index contributed by atoms with van der Waals surface area (Å²) < 4.78 is 3.46. The van der Waals surface area contributed by atoms with Crippen molar-refractivity contribution >= 4 is 91.4 Å². The van der Waals surface area contributed by atoms with Gasteiger partial charge in [-0.3, -0.25) is 4.98 Å². The molecule has 0 saturated carbocycles. The molecule has 0 saturated heterocycles. The van der Waals surface area contributed by atoms with E-state index in [0.29, 0.717) is 52.9 Å². The summed E-state index contributed by atoms with van der Waals surface area (Å²) in [6, 6.07) is 24.2. The Morgan fingerprint density at radius 3 is 1.40 bits per heavy atom. The summed E-state index contributed by atoms with van der Waals surface area (Å²) in [4.78, 5) is 4.46. The molecular weight excluding hydrogens is 655 g/mol. The van der Waals surface area contributed by atoms with Gasteiger partial charge in [-0.15, -0.1) is 0 Å². The van der Waals surface area contributed by atoms with E-state index in [1.54, 1.807) is 46.0 Å². The number of rotatable bonds is 4. The zero-order valence-corrected chi connectivity index (χ0v) is 25.7. The second kappa shape index (κ2) is 10.8. The molecule has 3 aromatic heterocycles. The molecular formula is C31H15Cl6N5. The van der Waals surface area contributed by atoms with Crippen molar-refractivity contribution in [3.63, 3.8) is 0 Å². The van der Waals surface area contributed by atoms with Crippen molar-refractivity contribution in [2.45, 2.75) is 0 Å². The highest BCUT2D eigenvalue weighted by molar-refractivity contribution is 6.41. The Morgan fingerprint density at radius 1 is 0.500 bits per heavy atom. The third-order valence-corrected chi connectivity index (χ3v) is 8.48. The van der Waals surface area contributed by atoms with Crippen LogP contribution in [0.4, 0.5) is 0 Å². The van der Waals surface area contributed by atoms with E-state index in [9.17, 15) is 0 Å². The van der Waals surface area contributed by atoms with E-state index in [0.717, 1.165) is 32.9 Å². The smallest absolute Gasteiger partial charge is 0.103 e. The highest BCUT2D eigenvalue weighted by atomic mass is 35.5. The molecule has 5 nitrogen and oxygen atoms in total. The van der Waals surface area contributed by atoms with Gasteiger partial charge in [-0.25, -0.2) is 9.36 Å². The van der Waals surface area contributed by atoms with Gasteiger partial charge in [0.15, 0.2) is 0 Å². The molecule has 0 amide bonds. The first-order valence-corrected chi connectivity index (χ1v) is 14.8. The number of benzene rings is 4. The van der Waals surface area contributed by atoms with Crippen molar-refractivity contribution in [3.05, 3.63) is 121 Å². The van der Waals surface area contributed by atoms with E-state index in [1.807, 2.05) is 54.6 Å². The van der Waals surface area contributed by atoms with Crippen LogP contribution in [-0.4, -0.2) is 24.5 Å². The Morgan fingerprint density at radius 2 is 0.929 bits per heavy atom. The lowest BCUT2D eigenvalue weighted by Crippen LogP contribution is -2.00. The summed E-state index contributed by atoms with van der Waals surface area (Å²) in [5, 5.41) is 14.2. The molecule has 7 aromatic rings. The average Bonchev–Trinajstić information content (AvgIpc) is 3.52. The fourth-order valence-electron chi connectivity index (χ4n) is 5.13. The maximum atomic E-state index is 6.63. The summed E-state index contributed by atoms with van der Waals surface area (Å²) in [6.45, 7) is 0. The van der Waals surface area contributed by atoms with Crippen LogP contribution in [0.3, 0.4) is 0 Å². The minimum absolute atomic E-state index is 0.375. The lowest BCUT2D eigenvalue weighted by atomic mass is 10.00. The van der Waals surface area contributed by atoms with Crippen molar-refractivity contribution in [2.75, 3.05) is 0 Å². The molecule has 4 aromatic carbocycles. The summed E-state index contributed by atoms with van der Waals surface area (Å²) in [6.07, 6.45) is 3.50. The number of fused-ring (bicyclic) bond motifs is 2. The minimum Gasteiger partial charge on any atom is -0.264 e. The largest absolute Gasteiger partial charge is 0.264 e. The average molecular weight is 670 g/mol. The summed E-state index contributed by atoms with van der Waals surface area (Å²) in [7, 11) is 0. The van der Waals surface area contributed by atoms with Gasteiger partial charge < -0.3 is 0 Å². The predicted octanol–water partition coefficient (Wildman–Crippen LogP) is 11.0. The minimum atomic E-state index is 0.375. The highest BCUT2D eigenvalue weighted by Crippen LogP contribution is 2.42. The molecule has 0 radical (unpaired) electrons. The molecule has 0 aliphatic heterocycles. The van der Waals surface area contributed by atoms with Crippen LogP contribution in [0.25, 0.3) is 55.7 Å². The number of aromatic nitrogens is 5. The van der Waals surface area contributed by atoms with Crippen LogP contribution < -0.4 is 0 Å². The van der Waals surface area contributed by atoms with Gasteiger partial charge in [0.05, 0.1) is 31.1 Å². The third kappa shape index (κ3) is 4.53. The Kier molecular flexibility index (Phi) is 7.06. The van der Waals surface area contributed by atoms with Crippen LogP contribution in [0.1, 0.15) is 0 Å². The van der Waals surface area contributed by atoms with E-state index < -0.39 is 0 Å². The standard InChI is InChI=1S/C31H15Cl6N5/c32-16-11-22(34)30(23(35)12-16)41-26-7-3-1-5-19(26)28(39-41)18-9-10-38-15-21(18)29-20-6-2-4-8-27(20)42(40-29)31-24(36)13-17(33)14-25(31)37/h1-15H. The molecule has 0 atom stereocenters. The molecule has 3 heterocycles. The third-order valence-electron chi connectivity index (χ3n) is 6.89. The second-order valence-electron chi connectivity index (χ2n) is 9.41. The first-order valence-electron chi connectivity index (χ1n) is 12.5. The first-order chi connectivity index (χ1) is 20.3. The molecule has 0 aliphatic rings. The normalized spacial score (nSPS) is 11.6. The van der Waals surface area contributed by atoms with Gasteiger partial charge in [0.2, 0.25) is 0 Å². The molecule has 0 spiro atoms.